The molecular weight excluding hydrogens is 697 g/mol. The van der Waals surface area contributed by atoms with E-state index in [0.29, 0.717) is 37.7 Å². The predicted molar refractivity (Wildman–Crippen MR) is 185 cm³/mol. The van der Waals surface area contributed by atoms with Gasteiger partial charge in [0, 0.05) is 24.4 Å². The third-order valence-corrected chi connectivity index (χ3v) is 12.1. The lowest BCUT2D eigenvalue weighted by atomic mass is 10.00. The lowest BCUT2D eigenvalue weighted by molar-refractivity contribution is -0.141. The molecule has 3 fully saturated rings. The van der Waals surface area contributed by atoms with Crippen LogP contribution in [-0.2, 0) is 46.8 Å². The van der Waals surface area contributed by atoms with Crippen molar-refractivity contribution in [2.75, 3.05) is 13.1 Å². The van der Waals surface area contributed by atoms with E-state index in [-0.39, 0.29) is 38.9 Å². The Labute approximate surface area is 303 Å². The topological polar surface area (TPSA) is 181 Å². The normalized spacial score (nSPS) is 28.8. The molecule has 5 amide bonds. The maximum Gasteiger partial charge on any atom is 0.410 e. The molecular formula is C36H48FN5O9S. The lowest BCUT2D eigenvalue weighted by Crippen LogP contribution is -2.58. The molecule has 3 aliphatic heterocycles. The molecule has 2 saturated carbocycles. The van der Waals surface area contributed by atoms with E-state index in [0.717, 1.165) is 18.4 Å². The zero-order valence-electron chi connectivity index (χ0n) is 29.8. The predicted octanol–water partition coefficient (Wildman–Crippen LogP) is 3.19. The zero-order chi connectivity index (χ0) is 37.4. The van der Waals surface area contributed by atoms with Gasteiger partial charge in [-0.25, -0.2) is 22.4 Å². The second-order valence-corrected chi connectivity index (χ2v) is 17.5. The molecule has 5 aliphatic rings. The number of ether oxygens (including phenoxy) is 2. The molecule has 16 heteroatoms. The van der Waals surface area contributed by atoms with Gasteiger partial charge >= 0.3 is 12.2 Å². The highest BCUT2D eigenvalue weighted by atomic mass is 32.2. The van der Waals surface area contributed by atoms with Gasteiger partial charge in [0.1, 0.15) is 35.1 Å². The summed E-state index contributed by atoms with van der Waals surface area (Å²) in [5.74, 6) is -3.05. The summed E-state index contributed by atoms with van der Waals surface area (Å²) in [6.07, 6.45) is 5.57. The summed E-state index contributed by atoms with van der Waals surface area (Å²) in [7, 11) is -3.92. The van der Waals surface area contributed by atoms with Crippen molar-refractivity contribution in [2.24, 2.45) is 5.92 Å². The summed E-state index contributed by atoms with van der Waals surface area (Å²) < 4.78 is 53.5. The number of alkyl carbamates (subject to hydrolysis) is 1. The van der Waals surface area contributed by atoms with Gasteiger partial charge in [-0.05, 0) is 77.3 Å². The second-order valence-electron chi connectivity index (χ2n) is 15.5. The molecule has 52 heavy (non-hydrogen) atoms. The highest BCUT2D eigenvalue weighted by Gasteiger charge is 2.62. The van der Waals surface area contributed by atoms with Crippen LogP contribution in [0.4, 0.5) is 14.0 Å². The number of carbonyl (C=O) groups excluding carboxylic acids is 5. The van der Waals surface area contributed by atoms with Crippen molar-refractivity contribution < 1.29 is 46.3 Å². The molecule has 2 aliphatic carbocycles. The molecule has 0 spiro atoms. The molecule has 284 valence electrons. The summed E-state index contributed by atoms with van der Waals surface area (Å²) in [5, 5.41) is 4.80. The maximum atomic E-state index is 14.6. The number of benzene rings is 1. The summed E-state index contributed by atoms with van der Waals surface area (Å²) in [6, 6.07) is 2.46. The highest BCUT2D eigenvalue weighted by molar-refractivity contribution is 7.91. The van der Waals surface area contributed by atoms with E-state index in [1.54, 1.807) is 26.8 Å². The molecule has 0 radical (unpaired) electrons. The molecule has 5 atom stereocenters. The quantitative estimate of drug-likeness (QED) is 0.382. The SMILES string of the molecule is CC(C)(C)OC(=O)N[C@H]1CCCCC/C=C\[C@@H]2C[C@@]2(C(=O)NS(=O)(=O)C2CC2)NC(=O)C2C[C@@H](OC(=O)N3CCc4cccc(F)c4C3)CN2C1=O. The number of sulfonamides is 1. The first-order chi connectivity index (χ1) is 24.6. The maximum absolute atomic E-state index is 14.6. The molecule has 0 bridgehead atoms. The Morgan fingerprint density at radius 2 is 1.85 bits per heavy atom. The Balaban J connectivity index is 1.25. The van der Waals surface area contributed by atoms with Crippen molar-refractivity contribution in [2.45, 2.75) is 126 Å². The van der Waals surface area contributed by atoms with Crippen LogP contribution in [0.25, 0.3) is 0 Å². The van der Waals surface area contributed by atoms with Crippen molar-refractivity contribution in [3.63, 3.8) is 0 Å². The van der Waals surface area contributed by atoms with Crippen molar-refractivity contribution in [1.82, 2.24) is 25.2 Å². The minimum Gasteiger partial charge on any atom is -0.444 e. The van der Waals surface area contributed by atoms with E-state index in [2.05, 4.69) is 15.4 Å². The van der Waals surface area contributed by atoms with E-state index in [9.17, 15) is 36.8 Å². The van der Waals surface area contributed by atoms with Crippen LogP contribution in [0, 0.1) is 11.7 Å². The van der Waals surface area contributed by atoms with Crippen LogP contribution in [0.3, 0.4) is 0 Å². The van der Waals surface area contributed by atoms with Gasteiger partial charge in [-0.3, -0.25) is 19.1 Å². The Morgan fingerprint density at radius 3 is 2.58 bits per heavy atom. The molecule has 0 aromatic heterocycles. The van der Waals surface area contributed by atoms with E-state index in [1.165, 1.54) is 15.9 Å². The van der Waals surface area contributed by atoms with Gasteiger partial charge in [-0.2, -0.15) is 0 Å². The van der Waals surface area contributed by atoms with Gasteiger partial charge in [0.15, 0.2) is 0 Å². The minimum absolute atomic E-state index is 0.00168. The van der Waals surface area contributed by atoms with Crippen LogP contribution in [0.1, 0.15) is 89.7 Å². The second kappa shape index (κ2) is 14.7. The van der Waals surface area contributed by atoms with E-state index in [4.69, 9.17) is 9.47 Å². The number of hydrogen-bond acceptors (Lipinski definition) is 9. The Hall–Kier alpha value is -4.21. The average Bonchev–Trinajstić information content (AvgIpc) is 3.99. The first kappa shape index (κ1) is 37.5. The summed E-state index contributed by atoms with van der Waals surface area (Å²) in [6.45, 7) is 5.18. The van der Waals surface area contributed by atoms with Gasteiger partial charge in [-0.15, -0.1) is 0 Å². The molecule has 1 aromatic rings. The molecule has 6 rings (SSSR count). The fraction of sp³-hybridized carbons (Fsp3) is 0.639. The molecule has 3 heterocycles. The van der Waals surface area contributed by atoms with Crippen LogP contribution in [0.2, 0.25) is 0 Å². The molecule has 1 unspecified atom stereocenters. The van der Waals surface area contributed by atoms with Crippen LogP contribution < -0.4 is 15.4 Å². The van der Waals surface area contributed by atoms with Crippen LogP contribution in [-0.4, -0.2) is 95.8 Å². The molecule has 1 aromatic carbocycles. The molecule has 3 N–H and O–H groups in total. The largest absolute Gasteiger partial charge is 0.444 e. The third kappa shape index (κ3) is 8.53. The Kier molecular flexibility index (Phi) is 10.6. The number of nitrogens with zero attached hydrogens (tertiary/aromatic N) is 2. The number of nitrogens with one attached hydrogen (secondary N) is 3. The number of rotatable bonds is 5. The lowest BCUT2D eigenvalue weighted by Gasteiger charge is -2.30. The fourth-order valence-corrected chi connectivity index (χ4v) is 8.57. The minimum atomic E-state index is -3.92. The van der Waals surface area contributed by atoms with Gasteiger partial charge in [0.25, 0.3) is 5.91 Å². The smallest absolute Gasteiger partial charge is 0.410 e. The van der Waals surface area contributed by atoms with E-state index >= 15 is 0 Å². The average molecular weight is 746 g/mol. The number of carbonyl (C=O) groups is 5. The van der Waals surface area contributed by atoms with Crippen molar-refractivity contribution in [3.8, 4) is 0 Å². The number of allylic oxidation sites excluding steroid dienone is 1. The summed E-state index contributed by atoms with van der Waals surface area (Å²) >= 11 is 0. The standard InChI is InChI=1S/C36H48FN5O9S/c1-35(2,3)51-33(46)38-28-13-8-6-4-5-7-11-23-19-36(23,32(45)40-52(48,49)25-14-15-25)39-30(43)29-18-24(20-42(29)31(28)44)50-34(47)41-17-16-22-10-9-12-27(37)26(22)21-41/h7,9-12,23-25,28-29H,4-6,8,13-21H2,1-3H3,(H,38,46)(H,39,43)(H,40,45)/b11-7-/t23-,24-,28+,29?,36-/m1/s1. The number of amides is 5. The van der Waals surface area contributed by atoms with Crippen molar-refractivity contribution >= 4 is 39.9 Å². The van der Waals surface area contributed by atoms with E-state index < -0.39 is 86.2 Å². The van der Waals surface area contributed by atoms with Crippen molar-refractivity contribution in [1.29, 1.82) is 0 Å². The zero-order valence-corrected chi connectivity index (χ0v) is 30.6. The van der Waals surface area contributed by atoms with Crippen LogP contribution >= 0.6 is 0 Å². The summed E-state index contributed by atoms with van der Waals surface area (Å²) in [4.78, 5) is 71.0. The first-order valence-corrected chi connectivity index (χ1v) is 19.7. The van der Waals surface area contributed by atoms with Gasteiger partial charge < -0.3 is 29.9 Å². The van der Waals surface area contributed by atoms with E-state index in [1.807, 2.05) is 18.2 Å². The first-order valence-electron chi connectivity index (χ1n) is 18.1. The molecule has 1 saturated heterocycles. The van der Waals surface area contributed by atoms with Crippen LogP contribution in [0.15, 0.2) is 30.4 Å². The fourth-order valence-electron chi connectivity index (χ4n) is 7.21. The third-order valence-electron chi connectivity index (χ3n) is 10.3. The highest BCUT2D eigenvalue weighted by Crippen LogP contribution is 2.46. The monoisotopic (exact) mass is 745 g/mol. The van der Waals surface area contributed by atoms with Gasteiger partial charge in [-0.1, -0.05) is 37.1 Å². The van der Waals surface area contributed by atoms with Gasteiger partial charge in [0.2, 0.25) is 21.8 Å². The number of hydrogen-bond donors (Lipinski definition) is 3. The van der Waals surface area contributed by atoms with Crippen LogP contribution in [0.5, 0.6) is 0 Å². The van der Waals surface area contributed by atoms with Crippen molar-refractivity contribution in [3.05, 3.63) is 47.3 Å². The number of halogens is 1. The Bertz CT molecular complexity index is 1740. The summed E-state index contributed by atoms with van der Waals surface area (Å²) in [5.41, 5.74) is -1.19. The van der Waals surface area contributed by atoms with Gasteiger partial charge in [0.05, 0.1) is 18.3 Å². The number of fused-ring (bicyclic) bond motifs is 3. The molecule has 14 nitrogen and oxygen atoms in total. The Morgan fingerprint density at radius 1 is 1.08 bits per heavy atom.